The Labute approximate surface area is 96.7 Å². The lowest BCUT2D eigenvalue weighted by atomic mass is 9.87. The van der Waals surface area contributed by atoms with Crippen LogP contribution in [0.2, 0.25) is 0 Å². The van der Waals surface area contributed by atoms with Crippen LogP contribution in [0.15, 0.2) is 18.2 Å². The van der Waals surface area contributed by atoms with E-state index in [4.69, 9.17) is 5.73 Å². The standard InChI is InChI=1S/C11H12F2N2O2/c12-11(13)16-9-2-1-7(5-10(9)17-11)15-8-3-6(14)4-8/h1-2,5-6,8,15H,3-4,14H2. The average molecular weight is 242 g/mol. The van der Waals surface area contributed by atoms with Gasteiger partial charge < -0.3 is 20.5 Å². The summed E-state index contributed by atoms with van der Waals surface area (Å²) in [4.78, 5) is 0. The zero-order valence-electron chi connectivity index (χ0n) is 8.95. The summed E-state index contributed by atoms with van der Waals surface area (Å²) in [5.41, 5.74) is 6.40. The summed E-state index contributed by atoms with van der Waals surface area (Å²) in [6.45, 7) is 0. The smallest absolute Gasteiger partial charge is 0.395 e. The normalized spacial score (nSPS) is 28.6. The number of hydrogen-bond acceptors (Lipinski definition) is 4. The first-order valence-corrected chi connectivity index (χ1v) is 5.44. The Morgan fingerprint density at radius 3 is 2.65 bits per heavy atom. The van der Waals surface area contributed by atoms with Crippen molar-refractivity contribution in [3.05, 3.63) is 18.2 Å². The summed E-state index contributed by atoms with van der Waals surface area (Å²) in [6, 6.07) is 5.22. The van der Waals surface area contributed by atoms with Gasteiger partial charge in [-0.15, -0.1) is 8.78 Å². The molecule has 3 N–H and O–H groups in total. The van der Waals surface area contributed by atoms with Crippen LogP contribution in [0.25, 0.3) is 0 Å². The van der Waals surface area contributed by atoms with Crippen molar-refractivity contribution >= 4 is 5.69 Å². The van der Waals surface area contributed by atoms with Gasteiger partial charge in [0.05, 0.1) is 0 Å². The average Bonchev–Trinajstić information content (AvgIpc) is 2.48. The molecular weight excluding hydrogens is 230 g/mol. The van der Waals surface area contributed by atoms with Gasteiger partial charge in [-0.1, -0.05) is 0 Å². The summed E-state index contributed by atoms with van der Waals surface area (Å²) in [5.74, 6) is 0.120. The molecule has 3 rings (SSSR count). The van der Waals surface area contributed by atoms with Crippen LogP contribution in [0.5, 0.6) is 11.5 Å². The Bertz CT molecular complexity index is 447. The van der Waals surface area contributed by atoms with Crippen molar-refractivity contribution in [3.63, 3.8) is 0 Å². The fourth-order valence-corrected chi connectivity index (χ4v) is 2.05. The van der Waals surface area contributed by atoms with E-state index in [1.165, 1.54) is 12.1 Å². The fourth-order valence-electron chi connectivity index (χ4n) is 2.05. The molecule has 0 spiro atoms. The minimum absolute atomic E-state index is 0.0589. The second-order valence-electron chi connectivity index (χ2n) is 4.40. The first kappa shape index (κ1) is 10.6. The number of ether oxygens (including phenoxy) is 2. The second kappa shape index (κ2) is 3.46. The number of nitrogens with one attached hydrogen (secondary N) is 1. The predicted molar refractivity (Wildman–Crippen MR) is 57.3 cm³/mol. The Balaban J connectivity index is 1.72. The van der Waals surface area contributed by atoms with Crippen molar-refractivity contribution in [2.75, 3.05) is 5.32 Å². The third-order valence-electron chi connectivity index (χ3n) is 2.95. The molecule has 6 heteroatoms. The molecule has 1 saturated carbocycles. The van der Waals surface area contributed by atoms with Crippen molar-refractivity contribution in [1.29, 1.82) is 0 Å². The molecule has 1 aliphatic heterocycles. The zero-order valence-corrected chi connectivity index (χ0v) is 8.95. The molecule has 2 aliphatic rings. The first-order chi connectivity index (χ1) is 8.02. The molecule has 1 heterocycles. The molecular formula is C11H12F2N2O2. The highest BCUT2D eigenvalue weighted by molar-refractivity contribution is 5.56. The maximum absolute atomic E-state index is 12.8. The highest BCUT2D eigenvalue weighted by Crippen LogP contribution is 2.42. The SMILES string of the molecule is NC1CC(Nc2ccc3c(c2)OC(F)(F)O3)C1. The maximum Gasteiger partial charge on any atom is 0.586 e. The predicted octanol–water partition coefficient (Wildman–Crippen LogP) is 1.91. The summed E-state index contributed by atoms with van der Waals surface area (Å²) in [5, 5.41) is 3.21. The molecule has 0 bridgehead atoms. The third-order valence-corrected chi connectivity index (χ3v) is 2.95. The fraction of sp³-hybridized carbons (Fsp3) is 0.455. The number of halogens is 2. The molecule has 0 unspecified atom stereocenters. The number of alkyl halides is 2. The van der Waals surface area contributed by atoms with Crippen LogP contribution in [0, 0.1) is 0 Å². The van der Waals surface area contributed by atoms with E-state index < -0.39 is 6.29 Å². The zero-order chi connectivity index (χ0) is 12.0. The second-order valence-corrected chi connectivity index (χ2v) is 4.40. The Hall–Kier alpha value is -1.56. The van der Waals surface area contributed by atoms with Crippen molar-refractivity contribution in [3.8, 4) is 11.5 Å². The maximum atomic E-state index is 12.8. The number of nitrogens with two attached hydrogens (primary N) is 1. The number of rotatable bonds is 2. The minimum atomic E-state index is -3.56. The van der Waals surface area contributed by atoms with E-state index in [2.05, 4.69) is 14.8 Å². The molecule has 0 aromatic heterocycles. The third kappa shape index (κ3) is 2.00. The highest BCUT2D eigenvalue weighted by atomic mass is 19.3. The Morgan fingerprint density at radius 1 is 1.24 bits per heavy atom. The summed E-state index contributed by atoms with van der Waals surface area (Å²) in [7, 11) is 0. The molecule has 92 valence electrons. The van der Waals surface area contributed by atoms with Crippen LogP contribution in [0.4, 0.5) is 14.5 Å². The van der Waals surface area contributed by atoms with Crippen LogP contribution in [0.1, 0.15) is 12.8 Å². The van der Waals surface area contributed by atoms with Crippen molar-refractivity contribution in [1.82, 2.24) is 0 Å². The quantitative estimate of drug-likeness (QED) is 0.831. The van der Waals surface area contributed by atoms with Crippen molar-refractivity contribution < 1.29 is 18.3 Å². The van der Waals surface area contributed by atoms with Gasteiger partial charge in [0, 0.05) is 23.8 Å². The summed E-state index contributed by atoms with van der Waals surface area (Å²) >= 11 is 0. The Kier molecular flexibility index (Phi) is 2.16. The van der Waals surface area contributed by atoms with Crippen molar-refractivity contribution in [2.24, 2.45) is 5.73 Å². The lowest BCUT2D eigenvalue weighted by Crippen LogP contribution is -2.44. The molecule has 1 aliphatic carbocycles. The van der Waals surface area contributed by atoms with E-state index in [0.29, 0.717) is 6.04 Å². The summed E-state index contributed by atoms with van der Waals surface area (Å²) in [6.07, 6.45) is -1.77. The van der Waals surface area contributed by atoms with Crippen LogP contribution in [-0.4, -0.2) is 18.4 Å². The topological polar surface area (TPSA) is 56.5 Å². The number of hydrogen-bond donors (Lipinski definition) is 2. The van der Waals surface area contributed by atoms with Gasteiger partial charge in [0.2, 0.25) is 0 Å². The van der Waals surface area contributed by atoms with Gasteiger partial charge in [0.1, 0.15) is 0 Å². The van der Waals surface area contributed by atoms with E-state index in [1.807, 2.05) is 0 Å². The number of benzene rings is 1. The molecule has 4 nitrogen and oxygen atoms in total. The molecule has 1 aromatic carbocycles. The van der Waals surface area contributed by atoms with Gasteiger partial charge in [-0.2, -0.15) is 0 Å². The largest absolute Gasteiger partial charge is 0.586 e. The van der Waals surface area contributed by atoms with Crippen LogP contribution < -0.4 is 20.5 Å². The van der Waals surface area contributed by atoms with Gasteiger partial charge in [-0.05, 0) is 25.0 Å². The van der Waals surface area contributed by atoms with Gasteiger partial charge in [-0.25, -0.2) is 0 Å². The monoisotopic (exact) mass is 242 g/mol. The molecule has 0 saturated heterocycles. The number of fused-ring (bicyclic) bond motifs is 1. The molecule has 0 amide bonds. The lowest BCUT2D eigenvalue weighted by molar-refractivity contribution is -0.286. The van der Waals surface area contributed by atoms with Crippen LogP contribution in [0.3, 0.4) is 0 Å². The summed E-state index contributed by atoms with van der Waals surface area (Å²) < 4.78 is 34.2. The van der Waals surface area contributed by atoms with Gasteiger partial charge in [0.25, 0.3) is 0 Å². The van der Waals surface area contributed by atoms with E-state index in [-0.39, 0.29) is 17.5 Å². The van der Waals surface area contributed by atoms with Gasteiger partial charge in [0.15, 0.2) is 11.5 Å². The van der Waals surface area contributed by atoms with E-state index >= 15 is 0 Å². The molecule has 1 fully saturated rings. The van der Waals surface area contributed by atoms with Crippen LogP contribution in [-0.2, 0) is 0 Å². The van der Waals surface area contributed by atoms with E-state index in [0.717, 1.165) is 18.5 Å². The number of anilines is 1. The molecule has 17 heavy (non-hydrogen) atoms. The van der Waals surface area contributed by atoms with E-state index in [1.54, 1.807) is 6.07 Å². The molecule has 0 radical (unpaired) electrons. The molecule has 0 atom stereocenters. The lowest BCUT2D eigenvalue weighted by Gasteiger charge is -2.33. The van der Waals surface area contributed by atoms with E-state index in [9.17, 15) is 8.78 Å². The first-order valence-electron chi connectivity index (χ1n) is 5.44. The van der Waals surface area contributed by atoms with Crippen LogP contribution >= 0.6 is 0 Å². The van der Waals surface area contributed by atoms with Gasteiger partial charge in [-0.3, -0.25) is 0 Å². The molecule has 1 aromatic rings. The highest BCUT2D eigenvalue weighted by Gasteiger charge is 2.43. The minimum Gasteiger partial charge on any atom is -0.395 e. The Morgan fingerprint density at radius 2 is 1.94 bits per heavy atom. The van der Waals surface area contributed by atoms with Gasteiger partial charge >= 0.3 is 6.29 Å². The van der Waals surface area contributed by atoms with Crippen molar-refractivity contribution in [2.45, 2.75) is 31.2 Å².